The van der Waals surface area contributed by atoms with E-state index in [-0.39, 0.29) is 6.04 Å². The van der Waals surface area contributed by atoms with Crippen LogP contribution in [0.4, 0.5) is 0 Å². The minimum atomic E-state index is -1.32. The molecule has 1 N–H and O–H groups in total. The smallest absolute Gasteiger partial charge is 0.209 e. The van der Waals surface area contributed by atoms with Gasteiger partial charge in [0.05, 0.1) is 6.04 Å². The first-order valence-electron chi connectivity index (χ1n) is 3.84. The Kier molecular flexibility index (Phi) is 3.87. The molecule has 0 aliphatic rings. The predicted molar refractivity (Wildman–Crippen MR) is 58.5 cm³/mol. The normalized spacial score (nSPS) is 14.2. The summed E-state index contributed by atoms with van der Waals surface area (Å²) in [7, 11) is 1.76. The highest BCUT2D eigenvalue weighted by Gasteiger charge is 2.32. The Morgan fingerprint density at radius 1 is 1.15 bits per heavy atom. The van der Waals surface area contributed by atoms with Gasteiger partial charge >= 0.3 is 0 Å². The molecule has 0 aliphatic heterocycles. The van der Waals surface area contributed by atoms with Crippen molar-refractivity contribution in [3.8, 4) is 0 Å². The Labute approximate surface area is 93.0 Å². The molecule has 4 heteroatoms. The third kappa shape index (κ3) is 3.03. The fraction of sp³-hybridized carbons (Fsp3) is 0.333. The van der Waals surface area contributed by atoms with Gasteiger partial charge in [0, 0.05) is 0 Å². The Morgan fingerprint density at radius 2 is 1.69 bits per heavy atom. The van der Waals surface area contributed by atoms with Crippen LogP contribution in [0.2, 0.25) is 0 Å². The Hall–Kier alpha value is 0.0500. The van der Waals surface area contributed by atoms with Crippen molar-refractivity contribution in [3.63, 3.8) is 0 Å². The van der Waals surface area contributed by atoms with E-state index in [1.807, 2.05) is 30.3 Å². The van der Waals surface area contributed by atoms with Crippen LogP contribution in [0.5, 0.6) is 0 Å². The number of hydrogen-bond acceptors (Lipinski definition) is 1. The fourth-order valence-corrected chi connectivity index (χ4v) is 1.87. The van der Waals surface area contributed by atoms with Crippen molar-refractivity contribution in [2.45, 2.75) is 9.83 Å². The summed E-state index contributed by atoms with van der Waals surface area (Å²) in [6.45, 7) is 0. The first kappa shape index (κ1) is 11.1. The maximum atomic E-state index is 5.80. The molecule has 1 aromatic rings. The molecule has 0 saturated heterocycles. The van der Waals surface area contributed by atoms with Crippen LogP contribution in [0, 0.1) is 0 Å². The zero-order chi connectivity index (χ0) is 9.90. The maximum absolute atomic E-state index is 5.80. The van der Waals surface area contributed by atoms with E-state index in [1.165, 1.54) is 0 Å². The van der Waals surface area contributed by atoms with Gasteiger partial charge in [0.25, 0.3) is 0 Å². The molecule has 1 nitrogen and oxygen atoms in total. The molecule has 0 fully saturated rings. The van der Waals surface area contributed by atoms with E-state index in [0.29, 0.717) is 0 Å². The summed E-state index contributed by atoms with van der Waals surface area (Å²) < 4.78 is -1.32. The van der Waals surface area contributed by atoms with Crippen LogP contribution >= 0.6 is 34.8 Å². The molecule has 0 aliphatic carbocycles. The first-order valence-corrected chi connectivity index (χ1v) is 4.98. The van der Waals surface area contributed by atoms with Gasteiger partial charge < -0.3 is 5.32 Å². The van der Waals surface area contributed by atoms with Crippen LogP contribution in [-0.2, 0) is 0 Å². The van der Waals surface area contributed by atoms with Gasteiger partial charge in [-0.25, -0.2) is 0 Å². The van der Waals surface area contributed by atoms with Crippen LogP contribution in [0.1, 0.15) is 11.6 Å². The number of rotatable bonds is 2. The zero-order valence-electron chi connectivity index (χ0n) is 7.10. The number of nitrogens with one attached hydrogen (secondary N) is 1. The Bertz CT molecular complexity index is 255. The highest BCUT2D eigenvalue weighted by Crippen LogP contribution is 2.39. The van der Waals surface area contributed by atoms with Crippen LogP contribution in [0.25, 0.3) is 0 Å². The summed E-state index contributed by atoms with van der Waals surface area (Å²) in [6, 6.07) is 9.31. The van der Waals surface area contributed by atoms with E-state index in [0.717, 1.165) is 5.56 Å². The second-order valence-corrected chi connectivity index (χ2v) is 5.04. The van der Waals surface area contributed by atoms with E-state index >= 15 is 0 Å². The number of alkyl halides is 3. The molecule has 1 atom stereocenters. The largest absolute Gasteiger partial charge is 0.309 e. The minimum absolute atomic E-state index is 0.279. The first-order chi connectivity index (χ1) is 6.05. The molecule has 0 aromatic heterocycles. The average molecular weight is 239 g/mol. The lowest BCUT2D eigenvalue weighted by atomic mass is 10.1. The maximum Gasteiger partial charge on any atom is 0.209 e. The number of halogens is 3. The Balaban J connectivity index is 2.92. The molecule has 1 rings (SSSR count). The zero-order valence-corrected chi connectivity index (χ0v) is 9.37. The van der Waals surface area contributed by atoms with E-state index in [2.05, 4.69) is 5.32 Å². The number of hydrogen-bond donors (Lipinski definition) is 1. The highest BCUT2D eigenvalue weighted by atomic mass is 35.6. The van der Waals surface area contributed by atoms with Crippen LogP contribution in [-0.4, -0.2) is 10.8 Å². The van der Waals surface area contributed by atoms with Crippen LogP contribution in [0.15, 0.2) is 30.3 Å². The van der Waals surface area contributed by atoms with Crippen molar-refractivity contribution in [1.29, 1.82) is 0 Å². The molecule has 0 bridgehead atoms. The van der Waals surface area contributed by atoms with Gasteiger partial charge in [0.1, 0.15) is 0 Å². The summed E-state index contributed by atoms with van der Waals surface area (Å²) in [5, 5.41) is 2.96. The van der Waals surface area contributed by atoms with Gasteiger partial charge in [-0.1, -0.05) is 65.1 Å². The lowest BCUT2D eigenvalue weighted by Crippen LogP contribution is -2.28. The molecule has 0 radical (unpaired) electrons. The molecular weight excluding hydrogens is 228 g/mol. The monoisotopic (exact) mass is 237 g/mol. The van der Waals surface area contributed by atoms with E-state index in [9.17, 15) is 0 Å². The molecule has 0 saturated carbocycles. The van der Waals surface area contributed by atoms with Crippen LogP contribution < -0.4 is 5.32 Å². The highest BCUT2D eigenvalue weighted by molar-refractivity contribution is 6.68. The second-order valence-electron chi connectivity index (χ2n) is 2.67. The van der Waals surface area contributed by atoms with Crippen molar-refractivity contribution < 1.29 is 0 Å². The van der Waals surface area contributed by atoms with Gasteiger partial charge in [0.2, 0.25) is 3.79 Å². The van der Waals surface area contributed by atoms with Crippen molar-refractivity contribution in [2.24, 2.45) is 0 Å². The van der Waals surface area contributed by atoms with Crippen molar-refractivity contribution in [2.75, 3.05) is 7.05 Å². The molecule has 1 unspecified atom stereocenters. The third-order valence-electron chi connectivity index (χ3n) is 1.75. The molecule has 72 valence electrons. The summed E-state index contributed by atoms with van der Waals surface area (Å²) in [5.41, 5.74) is 0.963. The Morgan fingerprint density at radius 3 is 2.08 bits per heavy atom. The lowest BCUT2D eigenvalue weighted by Gasteiger charge is -2.24. The van der Waals surface area contributed by atoms with Crippen molar-refractivity contribution in [1.82, 2.24) is 5.32 Å². The van der Waals surface area contributed by atoms with E-state index in [1.54, 1.807) is 7.05 Å². The minimum Gasteiger partial charge on any atom is -0.309 e. The van der Waals surface area contributed by atoms with Crippen molar-refractivity contribution in [3.05, 3.63) is 35.9 Å². The van der Waals surface area contributed by atoms with Gasteiger partial charge in [-0.15, -0.1) is 0 Å². The molecule has 0 amide bonds. The molecule has 13 heavy (non-hydrogen) atoms. The standard InChI is InChI=1S/C9H10Cl3N/c1-13-8(9(10,11)12)7-5-3-2-4-6-7/h2-6,8,13H,1H3. The fourth-order valence-electron chi connectivity index (χ4n) is 1.16. The lowest BCUT2D eigenvalue weighted by molar-refractivity contribution is 0.607. The molecule has 1 aromatic carbocycles. The number of benzene rings is 1. The topological polar surface area (TPSA) is 12.0 Å². The average Bonchev–Trinajstić information content (AvgIpc) is 2.05. The van der Waals surface area contributed by atoms with E-state index in [4.69, 9.17) is 34.8 Å². The molecule has 0 spiro atoms. The van der Waals surface area contributed by atoms with Gasteiger partial charge in [-0.3, -0.25) is 0 Å². The summed E-state index contributed by atoms with van der Waals surface area (Å²) in [6.07, 6.45) is 0. The second kappa shape index (κ2) is 4.52. The van der Waals surface area contributed by atoms with Crippen molar-refractivity contribution >= 4 is 34.8 Å². The van der Waals surface area contributed by atoms with Gasteiger partial charge in [-0.2, -0.15) is 0 Å². The van der Waals surface area contributed by atoms with E-state index < -0.39 is 3.79 Å². The summed E-state index contributed by atoms with van der Waals surface area (Å²) >= 11 is 17.4. The van der Waals surface area contributed by atoms with Gasteiger partial charge in [-0.05, 0) is 12.6 Å². The summed E-state index contributed by atoms with van der Waals surface area (Å²) in [4.78, 5) is 0. The van der Waals surface area contributed by atoms with Crippen LogP contribution in [0.3, 0.4) is 0 Å². The SMILES string of the molecule is CNC(c1ccccc1)C(Cl)(Cl)Cl. The predicted octanol–water partition coefficient (Wildman–Crippen LogP) is 3.32. The third-order valence-corrected chi connectivity index (χ3v) is 2.40. The summed E-state index contributed by atoms with van der Waals surface area (Å²) in [5.74, 6) is 0. The quantitative estimate of drug-likeness (QED) is 0.780. The molecule has 0 heterocycles. The molecular formula is C9H10Cl3N. The van der Waals surface area contributed by atoms with Gasteiger partial charge in [0.15, 0.2) is 0 Å².